The van der Waals surface area contributed by atoms with Crippen molar-refractivity contribution in [2.24, 2.45) is 5.92 Å². The van der Waals surface area contributed by atoms with Crippen LogP contribution in [0, 0.1) is 5.92 Å². The molecule has 1 aliphatic rings. The number of anilines is 1. The van der Waals surface area contributed by atoms with Crippen molar-refractivity contribution in [1.82, 2.24) is 15.2 Å². The van der Waals surface area contributed by atoms with Crippen molar-refractivity contribution >= 4 is 22.4 Å². The Morgan fingerprint density at radius 3 is 3.00 bits per heavy atom. The molecule has 24 heavy (non-hydrogen) atoms. The second-order valence-corrected chi connectivity index (χ2v) is 6.71. The highest BCUT2D eigenvalue weighted by Crippen LogP contribution is 2.36. The van der Waals surface area contributed by atoms with Gasteiger partial charge in [0.1, 0.15) is 0 Å². The van der Waals surface area contributed by atoms with Gasteiger partial charge in [0.05, 0.1) is 5.69 Å². The first-order valence-electron chi connectivity index (χ1n) is 7.77. The summed E-state index contributed by atoms with van der Waals surface area (Å²) in [7, 11) is 0. The number of aromatic amines is 1. The second-order valence-electron chi connectivity index (χ2n) is 5.85. The molecule has 9 heteroatoms. The van der Waals surface area contributed by atoms with E-state index in [0.717, 1.165) is 18.5 Å². The fraction of sp³-hybridized carbons (Fsp3) is 0.533. The second kappa shape index (κ2) is 6.54. The molecular weight excluding hydrogens is 341 g/mol. The molecule has 0 radical (unpaired) electrons. The normalized spacial score (nSPS) is 17.6. The van der Waals surface area contributed by atoms with Crippen LogP contribution < -0.4 is 5.32 Å². The van der Waals surface area contributed by atoms with Gasteiger partial charge in [0.2, 0.25) is 5.91 Å². The highest BCUT2D eigenvalue weighted by atomic mass is 32.1. The molecule has 1 aliphatic carbocycles. The molecule has 5 nitrogen and oxygen atoms in total. The molecule has 0 saturated carbocycles. The number of hydrogen-bond donors (Lipinski definition) is 2. The standard InChI is InChI=1S/C15H17F3N4OS/c1-2-3-9-7-24-14(19-9)20-13(23)8-4-5-11-10(6-8)12(22-21-11)15(16,17)18/h7-8H,2-6H2,1H3,(H,21,22)(H,19,20,23)/t8-/m1/s1. The summed E-state index contributed by atoms with van der Waals surface area (Å²) >= 11 is 1.33. The van der Waals surface area contributed by atoms with Crippen molar-refractivity contribution in [2.45, 2.75) is 45.2 Å². The molecule has 0 unspecified atom stereocenters. The third-order valence-corrected chi connectivity index (χ3v) is 4.88. The third-order valence-electron chi connectivity index (χ3n) is 4.07. The van der Waals surface area contributed by atoms with E-state index >= 15 is 0 Å². The minimum absolute atomic E-state index is 0.0414. The minimum Gasteiger partial charge on any atom is -0.302 e. The van der Waals surface area contributed by atoms with Crippen molar-refractivity contribution in [3.63, 3.8) is 0 Å². The fourth-order valence-corrected chi connectivity index (χ4v) is 3.64. The predicted octanol–water partition coefficient (Wildman–Crippen LogP) is 3.58. The summed E-state index contributed by atoms with van der Waals surface area (Å²) in [4.78, 5) is 16.7. The highest BCUT2D eigenvalue weighted by molar-refractivity contribution is 7.13. The summed E-state index contributed by atoms with van der Waals surface area (Å²) in [6.45, 7) is 2.04. The van der Waals surface area contributed by atoms with Crippen molar-refractivity contribution in [3.8, 4) is 0 Å². The SMILES string of the molecule is CCCc1csc(NC(=O)[C@@H]2CCc3[nH]nc(C(F)(F)F)c3C2)n1. The van der Waals surface area contributed by atoms with Gasteiger partial charge in [-0.05, 0) is 25.7 Å². The van der Waals surface area contributed by atoms with Crippen LogP contribution in [-0.4, -0.2) is 21.1 Å². The number of carbonyl (C=O) groups is 1. The van der Waals surface area contributed by atoms with Crippen molar-refractivity contribution < 1.29 is 18.0 Å². The minimum atomic E-state index is -4.51. The number of aromatic nitrogens is 3. The first-order valence-corrected chi connectivity index (χ1v) is 8.65. The van der Waals surface area contributed by atoms with Gasteiger partial charge in [-0.25, -0.2) is 4.98 Å². The maximum Gasteiger partial charge on any atom is 0.435 e. The summed E-state index contributed by atoms with van der Waals surface area (Å²) in [5, 5.41) is 10.9. The van der Waals surface area contributed by atoms with Gasteiger partial charge in [-0.15, -0.1) is 11.3 Å². The number of aryl methyl sites for hydroxylation is 2. The van der Waals surface area contributed by atoms with E-state index < -0.39 is 17.8 Å². The zero-order valence-corrected chi connectivity index (χ0v) is 13.9. The number of alkyl halides is 3. The lowest BCUT2D eigenvalue weighted by molar-refractivity contribution is -0.142. The molecule has 0 saturated heterocycles. The molecule has 2 aromatic heterocycles. The number of H-pyrrole nitrogens is 1. The topological polar surface area (TPSA) is 70.7 Å². The van der Waals surface area contributed by atoms with E-state index in [2.05, 4.69) is 20.5 Å². The summed E-state index contributed by atoms with van der Waals surface area (Å²) in [6, 6.07) is 0. The van der Waals surface area contributed by atoms with Crippen molar-refractivity contribution in [2.75, 3.05) is 5.32 Å². The predicted molar refractivity (Wildman–Crippen MR) is 83.8 cm³/mol. The Hall–Kier alpha value is -1.90. The molecule has 3 rings (SSSR count). The van der Waals surface area contributed by atoms with Gasteiger partial charge in [-0.3, -0.25) is 9.89 Å². The molecule has 0 fully saturated rings. The molecule has 2 heterocycles. The van der Waals surface area contributed by atoms with E-state index in [1.54, 1.807) is 0 Å². The first kappa shape index (κ1) is 16.9. The molecule has 0 aromatic carbocycles. The number of thiazole rings is 1. The molecule has 130 valence electrons. The van der Waals surface area contributed by atoms with Gasteiger partial charge >= 0.3 is 6.18 Å². The summed E-state index contributed by atoms with van der Waals surface area (Å²) in [5.74, 6) is -0.790. The lowest BCUT2D eigenvalue weighted by Gasteiger charge is -2.21. The van der Waals surface area contributed by atoms with Crippen LogP contribution in [0.4, 0.5) is 18.3 Å². The quantitative estimate of drug-likeness (QED) is 0.878. The maximum absolute atomic E-state index is 13.0. The molecule has 2 N–H and O–H groups in total. The zero-order chi connectivity index (χ0) is 17.3. The number of fused-ring (bicyclic) bond motifs is 1. The largest absolute Gasteiger partial charge is 0.435 e. The monoisotopic (exact) mass is 358 g/mol. The van der Waals surface area contributed by atoms with E-state index in [-0.39, 0.29) is 17.9 Å². The smallest absolute Gasteiger partial charge is 0.302 e. The van der Waals surface area contributed by atoms with Crippen LogP contribution in [0.5, 0.6) is 0 Å². The van der Waals surface area contributed by atoms with Crippen LogP contribution in [-0.2, 0) is 30.2 Å². The Labute approximate surface area is 140 Å². The molecule has 1 amide bonds. The van der Waals surface area contributed by atoms with Crippen LogP contribution in [0.3, 0.4) is 0 Å². The lowest BCUT2D eigenvalue weighted by Crippen LogP contribution is -2.29. The van der Waals surface area contributed by atoms with Gasteiger partial charge in [-0.1, -0.05) is 13.3 Å². The number of halogens is 3. The zero-order valence-electron chi connectivity index (χ0n) is 13.0. The van der Waals surface area contributed by atoms with Crippen molar-refractivity contribution in [3.05, 3.63) is 28.0 Å². The maximum atomic E-state index is 13.0. The van der Waals surface area contributed by atoms with Crippen LogP contribution in [0.1, 0.15) is 42.4 Å². The number of hydrogen-bond acceptors (Lipinski definition) is 4. The Balaban J connectivity index is 1.70. The number of nitrogens with zero attached hydrogens (tertiary/aromatic N) is 2. The van der Waals surface area contributed by atoms with Crippen LogP contribution in [0.25, 0.3) is 0 Å². The lowest BCUT2D eigenvalue weighted by atomic mass is 9.86. The Morgan fingerprint density at radius 1 is 1.50 bits per heavy atom. The molecule has 0 bridgehead atoms. The van der Waals surface area contributed by atoms with E-state index in [1.165, 1.54) is 11.3 Å². The van der Waals surface area contributed by atoms with E-state index in [9.17, 15) is 18.0 Å². The van der Waals surface area contributed by atoms with Gasteiger partial charge in [0.15, 0.2) is 10.8 Å². The average molecular weight is 358 g/mol. The molecular formula is C15H17F3N4OS. The molecule has 0 aliphatic heterocycles. The van der Waals surface area contributed by atoms with Crippen LogP contribution in [0.15, 0.2) is 5.38 Å². The summed E-state index contributed by atoms with van der Waals surface area (Å²) in [5.41, 5.74) is 0.595. The summed E-state index contributed by atoms with van der Waals surface area (Å²) in [6.07, 6.45) is -1.79. The molecule has 2 aromatic rings. The van der Waals surface area contributed by atoms with Crippen LogP contribution >= 0.6 is 11.3 Å². The van der Waals surface area contributed by atoms with Gasteiger partial charge in [0, 0.05) is 22.6 Å². The summed E-state index contributed by atoms with van der Waals surface area (Å²) < 4.78 is 38.9. The Bertz CT molecular complexity index is 737. The van der Waals surface area contributed by atoms with Gasteiger partial charge < -0.3 is 5.32 Å². The first-order chi connectivity index (χ1) is 11.4. The number of rotatable bonds is 4. The fourth-order valence-electron chi connectivity index (χ4n) is 2.90. The average Bonchev–Trinajstić information content (AvgIpc) is 3.13. The molecule has 1 atom stereocenters. The van der Waals surface area contributed by atoms with E-state index in [1.807, 2.05) is 12.3 Å². The van der Waals surface area contributed by atoms with Gasteiger partial charge in [0.25, 0.3) is 0 Å². The van der Waals surface area contributed by atoms with Crippen molar-refractivity contribution in [1.29, 1.82) is 0 Å². The van der Waals surface area contributed by atoms with E-state index in [4.69, 9.17) is 0 Å². The highest BCUT2D eigenvalue weighted by Gasteiger charge is 2.40. The number of carbonyl (C=O) groups excluding carboxylic acids is 1. The van der Waals surface area contributed by atoms with Gasteiger partial charge in [-0.2, -0.15) is 18.3 Å². The number of amides is 1. The van der Waals surface area contributed by atoms with E-state index in [0.29, 0.717) is 23.7 Å². The third kappa shape index (κ3) is 3.45. The Morgan fingerprint density at radius 2 is 2.29 bits per heavy atom. The van der Waals surface area contributed by atoms with Crippen LogP contribution in [0.2, 0.25) is 0 Å². The Kier molecular flexibility index (Phi) is 4.62. The molecule has 0 spiro atoms. The number of nitrogens with one attached hydrogen (secondary N) is 2.